The van der Waals surface area contributed by atoms with E-state index in [0.29, 0.717) is 49.9 Å². The van der Waals surface area contributed by atoms with Gasteiger partial charge in [-0.2, -0.15) is 10.2 Å². The van der Waals surface area contributed by atoms with Crippen LogP contribution in [0.5, 0.6) is 0 Å². The van der Waals surface area contributed by atoms with E-state index in [1.165, 1.54) is 17.1 Å². The number of hydrogen-bond donors (Lipinski definition) is 2. The summed E-state index contributed by atoms with van der Waals surface area (Å²) in [5, 5.41) is 30.6. The van der Waals surface area contributed by atoms with Crippen molar-refractivity contribution in [3.05, 3.63) is 65.6 Å². The van der Waals surface area contributed by atoms with E-state index in [1.807, 2.05) is 50.4 Å². The lowest BCUT2D eigenvalue weighted by Crippen LogP contribution is -2.49. The second-order valence-electron chi connectivity index (χ2n) is 11.8. The summed E-state index contributed by atoms with van der Waals surface area (Å²) in [4.78, 5) is 34.6. The SMILES string of the molecule is C[C@H](CC(=O)N1CCC(O)(Cn2cnc3c(cnn3-c3ccc(N4CC[C@@](C)(O)C4)cc3)c2=O)CC1)n1cccn1. The average molecular weight is 561 g/mol. The molecule has 12 heteroatoms. The normalized spacial score (nSPS) is 21.5. The summed E-state index contributed by atoms with van der Waals surface area (Å²) in [7, 11) is 0. The Hall–Kier alpha value is -4.03. The summed E-state index contributed by atoms with van der Waals surface area (Å²) in [6.07, 6.45) is 8.33. The van der Waals surface area contributed by atoms with Gasteiger partial charge in [-0.05, 0) is 63.4 Å². The number of benzene rings is 1. The Labute approximate surface area is 237 Å². The number of piperidine rings is 1. The van der Waals surface area contributed by atoms with Crippen molar-refractivity contribution in [1.29, 1.82) is 0 Å². The van der Waals surface area contributed by atoms with Gasteiger partial charge in [0.2, 0.25) is 5.91 Å². The van der Waals surface area contributed by atoms with Crippen molar-refractivity contribution in [2.45, 2.75) is 63.3 Å². The number of carbonyl (C=O) groups is 1. The van der Waals surface area contributed by atoms with Crippen LogP contribution in [0.25, 0.3) is 16.7 Å². The Morgan fingerprint density at radius 3 is 2.44 bits per heavy atom. The van der Waals surface area contributed by atoms with Crippen LogP contribution in [0, 0.1) is 0 Å². The first kappa shape index (κ1) is 27.2. The molecule has 0 saturated carbocycles. The lowest BCUT2D eigenvalue weighted by molar-refractivity contribution is -0.136. The van der Waals surface area contributed by atoms with E-state index < -0.39 is 11.2 Å². The second-order valence-corrected chi connectivity index (χ2v) is 11.8. The van der Waals surface area contributed by atoms with Crippen molar-refractivity contribution in [1.82, 2.24) is 34.0 Å². The average Bonchev–Trinajstić information content (AvgIpc) is 3.71. The summed E-state index contributed by atoms with van der Waals surface area (Å²) < 4.78 is 4.84. The second kappa shape index (κ2) is 10.4. The Morgan fingerprint density at radius 1 is 1.05 bits per heavy atom. The molecular formula is C29H36N8O4. The van der Waals surface area contributed by atoms with E-state index in [9.17, 15) is 19.8 Å². The van der Waals surface area contributed by atoms with Gasteiger partial charge in [0.05, 0.1) is 35.7 Å². The molecule has 6 rings (SSSR count). The van der Waals surface area contributed by atoms with Crippen LogP contribution < -0.4 is 10.5 Å². The lowest BCUT2D eigenvalue weighted by atomic mass is 9.91. The minimum atomic E-state index is -1.12. The molecule has 0 bridgehead atoms. The largest absolute Gasteiger partial charge is 0.388 e. The monoisotopic (exact) mass is 560 g/mol. The van der Waals surface area contributed by atoms with Crippen molar-refractivity contribution in [3.63, 3.8) is 0 Å². The number of anilines is 1. The molecule has 216 valence electrons. The maximum atomic E-state index is 13.3. The number of amides is 1. The van der Waals surface area contributed by atoms with E-state index in [-0.39, 0.29) is 24.1 Å². The molecule has 3 aromatic heterocycles. The third kappa shape index (κ3) is 5.49. The first-order valence-electron chi connectivity index (χ1n) is 14.1. The van der Waals surface area contributed by atoms with Crippen molar-refractivity contribution < 1.29 is 15.0 Å². The van der Waals surface area contributed by atoms with Gasteiger partial charge in [0.1, 0.15) is 11.7 Å². The first-order valence-corrected chi connectivity index (χ1v) is 14.1. The summed E-state index contributed by atoms with van der Waals surface area (Å²) >= 11 is 0. The molecule has 0 radical (unpaired) electrons. The van der Waals surface area contributed by atoms with E-state index in [1.54, 1.807) is 20.5 Å². The molecule has 41 heavy (non-hydrogen) atoms. The van der Waals surface area contributed by atoms with Gasteiger partial charge in [0.25, 0.3) is 5.56 Å². The number of likely N-dealkylation sites (tertiary alicyclic amines) is 1. The van der Waals surface area contributed by atoms with Gasteiger partial charge in [-0.15, -0.1) is 0 Å². The topological polar surface area (TPSA) is 135 Å². The van der Waals surface area contributed by atoms with E-state index in [4.69, 9.17) is 0 Å². The minimum absolute atomic E-state index is 0.0306. The van der Waals surface area contributed by atoms with Crippen molar-refractivity contribution in [2.75, 3.05) is 31.1 Å². The number of carbonyl (C=O) groups excluding carboxylic acids is 1. The van der Waals surface area contributed by atoms with Gasteiger partial charge in [-0.25, -0.2) is 9.67 Å². The molecular weight excluding hydrogens is 524 g/mol. The zero-order chi connectivity index (χ0) is 28.8. The maximum Gasteiger partial charge on any atom is 0.264 e. The van der Waals surface area contributed by atoms with Crippen LogP contribution in [0.4, 0.5) is 5.69 Å². The number of rotatable bonds is 7. The molecule has 2 atom stereocenters. The summed E-state index contributed by atoms with van der Waals surface area (Å²) in [6.45, 7) is 6.14. The number of nitrogens with zero attached hydrogens (tertiary/aromatic N) is 8. The van der Waals surface area contributed by atoms with Gasteiger partial charge in [-0.3, -0.25) is 18.8 Å². The molecule has 4 aromatic rings. The fourth-order valence-corrected chi connectivity index (χ4v) is 5.88. The molecule has 0 unspecified atom stereocenters. The molecule has 1 aromatic carbocycles. The molecule has 0 aliphatic carbocycles. The fourth-order valence-electron chi connectivity index (χ4n) is 5.88. The van der Waals surface area contributed by atoms with E-state index >= 15 is 0 Å². The van der Waals surface area contributed by atoms with Crippen LogP contribution in [0.3, 0.4) is 0 Å². The predicted octanol–water partition coefficient (Wildman–Crippen LogP) is 1.74. The molecule has 12 nitrogen and oxygen atoms in total. The number of hydrogen-bond acceptors (Lipinski definition) is 8. The fraction of sp³-hybridized carbons (Fsp3) is 0.483. The van der Waals surface area contributed by atoms with Crippen LogP contribution in [-0.2, 0) is 11.3 Å². The highest BCUT2D eigenvalue weighted by Crippen LogP contribution is 2.28. The highest BCUT2D eigenvalue weighted by molar-refractivity contribution is 5.77. The van der Waals surface area contributed by atoms with Gasteiger partial charge < -0.3 is 20.0 Å². The third-order valence-corrected chi connectivity index (χ3v) is 8.42. The van der Waals surface area contributed by atoms with Crippen LogP contribution >= 0.6 is 0 Å². The zero-order valence-electron chi connectivity index (χ0n) is 23.4. The highest BCUT2D eigenvalue weighted by Gasteiger charge is 2.35. The minimum Gasteiger partial charge on any atom is -0.388 e. The smallest absolute Gasteiger partial charge is 0.264 e. The van der Waals surface area contributed by atoms with E-state index in [0.717, 1.165) is 24.3 Å². The molecule has 5 heterocycles. The first-order chi connectivity index (χ1) is 19.6. The summed E-state index contributed by atoms with van der Waals surface area (Å²) in [5.74, 6) is 0.0306. The Balaban J connectivity index is 1.11. The maximum absolute atomic E-state index is 13.3. The predicted molar refractivity (Wildman–Crippen MR) is 153 cm³/mol. The number of fused-ring (bicyclic) bond motifs is 1. The Bertz CT molecular complexity index is 1580. The van der Waals surface area contributed by atoms with Gasteiger partial charge in [-0.1, -0.05) is 0 Å². The highest BCUT2D eigenvalue weighted by atomic mass is 16.3. The van der Waals surface area contributed by atoms with Crippen molar-refractivity contribution in [3.8, 4) is 5.69 Å². The van der Waals surface area contributed by atoms with Crippen LogP contribution in [0.1, 0.15) is 45.6 Å². The lowest BCUT2D eigenvalue weighted by Gasteiger charge is -2.38. The zero-order valence-corrected chi connectivity index (χ0v) is 23.4. The summed E-state index contributed by atoms with van der Waals surface area (Å²) in [5.41, 5.74) is 0.181. The summed E-state index contributed by atoms with van der Waals surface area (Å²) in [6, 6.07) is 9.61. The van der Waals surface area contributed by atoms with Crippen LogP contribution in [0.15, 0.2) is 60.0 Å². The van der Waals surface area contributed by atoms with Crippen LogP contribution in [-0.4, -0.2) is 87.5 Å². The molecule has 2 N–H and O–H groups in total. The van der Waals surface area contributed by atoms with E-state index in [2.05, 4.69) is 20.1 Å². The third-order valence-electron chi connectivity index (χ3n) is 8.42. The van der Waals surface area contributed by atoms with Gasteiger partial charge >= 0.3 is 0 Å². The molecule has 0 spiro atoms. The molecule has 2 aliphatic heterocycles. The Kier molecular flexibility index (Phi) is 6.90. The van der Waals surface area contributed by atoms with Gasteiger partial charge in [0.15, 0.2) is 5.65 Å². The van der Waals surface area contributed by atoms with Crippen molar-refractivity contribution in [2.24, 2.45) is 0 Å². The molecule has 1 amide bonds. The number of β-amino-alcohol motifs (C(OH)–C–C–N with tert-alkyl or cyclic N) is 1. The van der Waals surface area contributed by atoms with Crippen LogP contribution in [0.2, 0.25) is 0 Å². The molecule has 2 saturated heterocycles. The molecule has 2 fully saturated rings. The number of aliphatic hydroxyl groups is 2. The van der Waals surface area contributed by atoms with Gasteiger partial charge in [0, 0.05) is 50.7 Å². The quantitative estimate of drug-likeness (QED) is 0.349. The molecule has 2 aliphatic rings. The van der Waals surface area contributed by atoms with Crippen molar-refractivity contribution >= 4 is 22.6 Å². The standard InChI is InChI=1S/C29H36N8O4/c1-21(36-12-3-11-31-36)16-25(38)33-14-9-29(41,10-15-33)19-35-20-30-26-24(27(35)39)17-32-37(26)23-6-4-22(5-7-23)34-13-8-28(2,40)18-34/h3-7,11-12,17,20-21,40-41H,8-10,13-16,18-19H2,1-2H3/t21-,28-/m1/s1. The number of aromatic nitrogens is 6. The Morgan fingerprint density at radius 2 is 1.78 bits per heavy atom.